The van der Waals surface area contributed by atoms with Gasteiger partial charge in [0.2, 0.25) is 0 Å². The lowest BCUT2D eigenvalue weighted by molar-refractivity contribution is -0.384. The van der Waals surface area contributed by atoms with Crippen molar-refractivity contribution < 1.29 is 4.92 Å². The van der Waals surface area contributed by atoms with Crippen LogP contribution in [-0.4, -0.2) is 4.92 Å². The molecule has 0 radical (unpaired) electrons. The highest BCUT2D eigenvalue weighted by Crippen LogP contribution is 2.17. The zero-order valence-corrected chi connectivity index (χ0v) is 9.19. The average molecular weight is 289 g/mol. The molecule has 1 rings (SSSR count). The molecule has 0 aliphatic heterocycles. The van der Waals surface area contributed by atoms with Crippen molar-refractivity contribution in [3.05, 3.63) is 43.5 Å². The monoisotopic (exact) mass is 289 g/mol. The van der Waals surface area contributed by atoms with Crippen LogP contribution < -0.4 is 0 Å². The van der Waals surface area contributed by atoms with Crippen LogP contribution >= 0.6 is 22.6 Å². The molecule has 1 aromatic carbocycles. The molecule has 0 aromatic heterocycles. The van der Waals surface area contributed by atoms with Crippen LogP contribution in [0.3, 0.4) is 0 Å². The molecule has 0 spiro atoms. The van der Waals surface area contributed by atoms with Crippen LogP contribution in [0, 0.1) is 10.1 Å². The Labute approximate surface area is 89.8 Å². The Morgan fingerprint density at radius 1 is 1.62 bits per heavy atom. The first-order chi connectivity index (χ1) is 6.09. The first-order valence-corrected chi connectivity index (χ1v) is 4.76. The van der Waals surface area contributed by atoms with Gasteiger partial charge in [0.15, 0.2) is 0 Å². The van der Waals surface area contributed by atoms with Gasteiger partial charge in [0, 0.05) is 12.1 Å². The third-order valence-corrected chi connectivity index (χ3v) is 1.76. The van der Waals surface area contributed by atoms with Gasteiger partial charge < -0.3 is 0 Å². The fraction of sp³-hybridized carbons (Fsp3) is 0.111. The van der Waals surface area contributed by atoms with Gasteiger partial charge in [0.05, 0.1) is 4.92 Å². The minimum atomic E-state index is -0.389. The summed E-state index contributed by atoms with van der Waals surface area (Å²) in [5.41, 5.74) is 0.993. The number of benzene rings is 1. The summed E-state index contributed by atoms with van der Waals surface area (Å²) in [5, 5.41) is 10.4. The van der Waals surface area contributed by atoms with Crippen molar-refractivity contribution in [1.29, 1.82) is 0 Å². The van der Waals surface area contributed by atoms with Crippen LogP contribution in [-0.2, 0) is 0 Å². The zero-order valence-electron chi connectivity index (χ0n) is 7.03. The Kier molecular flexibility index (Phi) is 3.41. The highest BCUT2D eigenvalue weighted by atomic mass is 127. The van der Waals surface area contributed by atoms with E-state index >= 15 is 0 Å². The van der Waals surface area contributed by atoms with Gasteiger partial charge in [-0.15, -0.1) is 0 Å². The molecule has 4 heteroatoms. The van der Waals surface area contributed by atoms with Gasteiger partial charge in [-0.1, -0.05) is 12.1 Å². The number of allylic oxidation sites excluding steroid dienone is 1. The van der Waals surface area contributed by atoms with Crippen molar-refractivity contribution in [3.63, 3.8) is 0 Å². The summed E-state index contributed by atoms with van der Waals surface area (Å²) in [7, 11) is 0. The Balaban J connectivity index is 3.06. The Morgan fingerprint density at radius 3 is 2.85 bits per heavy atom. The Hall–Kier alpha value is -0.910. The van der Waals surface area contributed by atoms with Gasteiger partial charge in [-0.25, -0.2) is 0 Å². The summed E-state index contributed by atoms with van der Waals surface area (Å²) in [5.74, 6) is 0. The standard InChI is InChI=1S/C9H8INO2/c1-7(10)5-8-3-2-4-9(6-8)11(12)13/h2-6H,1H3/b7-5-. The number of nitro groups is 1. The van der Waals surface area contributed by atoms with Crippen molar-refractivity contribution in [2.75, 3.05) is 0 Å². The molecule has 0 N–H and O–H groups in total. The molecule has 0 amide bonds. The minimum Gasteiger partial charge on any atom is -0.258 e. The predicted octanol–water partition coefficient (Wildman–Crippen LogP) is 3.39. The second-order valence-corrected chi connectivity index (χ2v) is 4.28. The van der Waals surface area contributed by atoms with E-state index in [4.69, 9.17) is 0 Å². The van der Waals surface area contributed by atoms with E-state index in [2.05, 4.69) is 22.6 Å². The van der Waals surface area contributed by atoms with E-state index in [1.165, 1.54) is 6.07 Å². The molecule has 0 fully saturated rings. The number of hydrogen-bond donors (Lipinski definition) is 0. The highest BCUT2D eigenvalue weighted by molar-refractivity contribution is 14.1. The van der Waals surface area contributed by atoms with Gasteiger partial charge in [0.25, 0.3) is 5.69 Å². The molecule has 0 saturated carbocycles. The van der Waals surface area contributed by atoms with Gasteiger partial charge in [-0.2, -0.15) is 0 Å². The SMILES string of the molecule is C/C(I)=C/c1cccc([N+](=O)[O-])c1. The lowest BCUT2D eigenvalue weighted by Crippen LogP contribution is -1.87. The van der Waals surface area contributed by atoms with E-state index in [1.54, 1.807) is 12.1 Å². The zero-order chi connectivity index (χ0) is 9.84. The molecule has 0 atom stereocenters. The first kappa shape index (κ1) is 10.2. The third-order valence-electron chi connectivity index (χ3n) is 1.45. The quantitative estimate of drug-likeness (QED) is 0.476. The molecule has 0 unspecified atom stereocenters. The molecule has 0 heterocycles. The van der Waals surface area contributed by atoms with E-state index in [9.17, 15) is 10.1 Å². The molecule has 0 bridgehead atoms. The first-order valence-electron chi connectivity index (χ1n) is 3.68. The van der Waals surface area contributed by atoms with Crippen molar-refractivity contribution in [3.8, 4) is 0 Å². The lowest BCUT2D eigenvalue weighted by atomic mass is 10.2. The molecular formula is C9H8INO2. The van der Waals surface area contributed by atoms with Gasteiger partial charge in [0.1, 0.15) is 0 Å². The normalized spacial score (nSPS) is 11.4. The molecule has 3 nitrogen and oxygen atoms in total. The summed E-state index contributed by atoms with van der Waals surface area (Å²) >= 11 is 2.17. The minimum absolute atomic E-state index is 0.131. The average Bonchev–Trinajstić information content (AvgIpc) is 2.03. The second-order valence-electron chi connectivity index (χ2n) is 2.58. The fourth-order valence-corrected chi connectivity index (χ4v) is 1.32. The molecule has 1 aromatic rings. The molecule has 13 heavy (non-hydrogen) atoms. The van der Waals surface area contributed by atoms with Gasteiger partial charge in [-0.3, -0.25) is 10.1 Å². The van der Waals surface area contributed by atoms with Crippen molar-refractivity contribution in [1.82, 2.24) is 0 Å². The number of nitrogens with zero attached hydrogens (tertiary/aromatic N) is 1. The molecule has 0 aliphatic carbocycles. The summed E-state index contributed by atoms with van der Waals surface area (Å²) in [6.07, 6.45) is 1.90. The number of nitro benzene ring substituents is 1. The summed E-state index contributed by atoms with van der Waals surface area (Å²) in [6.45, 7) is 1.94. The molecule has 0 saturated heterocycles. The molecular weight excluding hydrogens is 281 g/mol. The topological polar surface area (TPSA) is 43.1 Å². The predicted molar refractivity (Wildman–Crippen MR) is 60.8 cm³/mol. The third kappa shape index (κ3) is 3.14. The second kappa shape index (κ2) is 4.36. The fourth-order valence-electron chi connectivity index (χ4n) is 0.958. The van der Waals surface area contributed by atoms with Crippen LogP contribution in [0.1, 0.15) is 12.5 Å². The van der Waals surface area contributed by atoms with Crippen molar-refractivity contribution in [2.45, 2.75) is 6.92 Å². The maximum absolute atomic E-state index is 10.4. The van der Waals surface area contributed by atoms with Crippen molar-refractivity contribution >= 4 is 34.4 Å². The summed E-state index contributed by atoms with van der Waals surface area (Å²) < 4.78 is 1.10. The number of rotatable bonds is 2. The Morgan fingerprint density at radius 2 is 2.31 bits per heavy atom. The largest absolute Gasteiger partial charge is 0.270 e. The number of non-ortho nitro benzene ring substituents is 1. The smallest absolute Gasteiger partial charge is 0.258 e. The van der Waals surface area contributed by atoms with E-state index < -0.39 is 0 Å². The number of halogens is 1. The van der Waals surface area contributed by atoms with Gasteiger partial charge >= 0.3 is 0 Å². The highest BCUT2D eigenvalue weighted by Gasteiger charge is 2.03. The van der Waals surface area contributed by atoms with Crippen LogP contribution in [0.25, 0.3) is 6.08 Å². The van der Waals surface area contributed by atoms with Gasteiger partial charge in [-0.05, 0) is 44.7 Å². The van der Waals surface area contributed by atoms with E-state index in [0.717, 1.165) is 9.14 Å². The van der Waals surface area contributed by atoms with Crippen molar-refractivity contribution in [2.24, 2.45) is 0 Å². The summed E-state index contributed by atoms with van der Waals surface area (Å²) in [4.78, 5) is 10.0. The van der Waals surface area contributed by atoms with E-state index in [0.29, 0.717) is 0 Å². The van der Waals surface area contributed by atoms with Crippen LogP contribution in [0.15, 0.2) is 27.8 Å². The van der Waals surface area contributed by atoms with Crippen LogP contribution in [0.4, 0.5) is 5.69 Å². The maximum atomic E-state index is 10.4. The number of hydrogen-bond acceptors (Lipinski definition) is 2. The molecule has 0 aliphatic rings. The molecule has 68 valence electrons. The summed E-state index contributed by atoms with van der Waals surface area (Å²) in [6, 6.07) is 6.57. The lowest BCUT2D eigenvalue weighted by Gasteiger charge is -1.94. The van der Waals surface area contributed by atoms with Crippen LogP contribution in [0.5, 0.6) is 0 Å². The van der Waals surface area contributed by atoms with E-state index in [-0.39, 0.29) is 10.6 Å². The van der Waals surface area contributed by atoms with E-state index in [1.807, 2.05) is 19.1 Å². The maximum Gasteiger partial charge on any atom is 0.270 e. The van der Waals surface area contributed by atoms with Crippen LogP contribution in [0.2, 0.25) is 0 Å². The Bertz CT molecular complexity index is 356.